The largest absolute Gasteiger partial charge is 0.481 e. The Morgan fingerprint density at radius 3 is 2.13 bits per heavy atom. The topological polar surface area (TPSA) is 74.6 Å². The fourth-order valence-corrected chi connectivity index (χ4v) is 3.49. The number of hydrogen-bond acceptors (Lipinski definition) is 2. The van der Waals surface area contributed by atoms with Crippen LogP contribution >= 0.6 is 31.9 Å². The predicted octanol–water partition coefficient (Wildman–Crippen LogP) is 1.95. The highest BCUT2D eigenvalue weighted by Gasteiger charge is 2.47. The molecule has 0 aromatic heterocycles. The Labute approximate surface area is 104 Å². The molecule has 0 aromatic carbocycles. The summed E-state index contributed by atoms with van der Waals surface area (Å²) in [5.41, 5.74) is 0. The molecule has 0 spiro atoms. The Morgan fingerprint density at radius 1 is 1.20 bits per heavy atom. The van der Waals surface area contributed by atoms with Crippen LogP contribution < -0.4 is 0 Å². The molecule has 0 radical (unpaired) electrons. The number of aliphatic carboxylic acids is 2. The molecule has 1 aliphatic carbocycles. The third kappa shape index (κ3) is 2.53. The van der Waals surface area contributed by atoms with E-state index < -0.39 is 23.8 Å². The average Bonchev–Trinajstić information content (AvgIpc) is 2.12. The number of hydrogen-bond donors (Lipinski definition) is 2. The molecule has 5 atom stereocenters. The lowest BCUT2D eigenvalue weighted by molar-refractivity contribution is -0.157. The lowest BCUT2D eigenvalue weighted by atomic mass is 9.72. The first-order valence-electron chi connectivity index (χ1n) is 4.60. The van der Waals surface area contributed by atoms with Crippen LogP contribution in [0.4, 0.5) is 0 Å². The zero-order valence-corrected chi connectivity index (χ0v) is 11.2. The molecule has 2 N–H and O–H groups in total. The van der Waals surface area contributed by atoms with E-state index in [0.717, 1.165) is 0 Å². The van der Waals surface area contributed by atoms with E-state index in [0.29, 0.717) is 6.42 Å². The van der Waals surface area contributed by atoms with Crippen LogP contribution in [0.5, 0.6) is 0 Å². The molecule has 0 heterocycles. The van der Waals surface area contributed by atoms with Gasteiger partial charge in [0.2, 0.25) is 0 Å². The van der Waals surface area contributed by atoms with Crippen molar-refractivity contribution in [3.8, 4) is 0 Å². The molecule has 4 nitrogen and oxygen atoms in total. The summed E-state index contributed by atoms with van der Waals surface area (Å²) in [6, 6.07) is 0. The quantitative estimate of drug-likeness (QED) is 0.751. The highest BCUT2D eigenvalue weighted by molar-refractivity contribution is 9.12. The second-order valence-corrected chi connectivity index (χ2v) is 6.10. The number of carbonyl (C=O) groups is 2. The minimum absolute atomic E-state index is 0.00389. The molecule has 0 unspecified atom stereocenters. The highest BCUT2D eigenvalue weighted by atomic mass is 79.9. The zero-order valence-electron chi connectivity index (χ0n) is 8.06. The van der Waals surface area contributed by atoms with Crippen LogP contribution in [0.2, 0.25) is 0 Å². The molecule has 0 saturated heterocycles. The first-order valence-corrected chi connectivity index (χ1v) is 6.43. The summed E-state index contributed by atoms with van der Waals surface area (Å²) < 4.78 is 0. The van der Waals surface area contributed by atoms with Gasteiger partial charge >= 0.3 is 11.9 Å². The van der Waals surface area contributed by atoms with Crippen LogP contribution in [0.1, 0.15) is 13.3 Å². The second kappa shape index (κ2) is 4.82. The van der Waals surface area contributed by atoms with Crippen molar-refractivity contribution in [3.63, 3.8) is 0 Å². The molecule has 0 amide bonds. The normalized spacial score (nSPS) is 41.1. The first-order chi connectivity index (χ1) is 6.86. The Balaban J connectivity index is 2.96. The molecule has 6 heteroatoms. The fraction of sp³-hybridized carbons (Fsp3) is 0.778. The van der Waals surface area contributed by atoms with Gasteiger partial charge in [0.05, 0.1) is 11.8 Å². The van der Waals surface area contributed by atoms with Crippen LogP contribution in [-0.4, -0.2) is 31.8 Å². The molecule has 0 bridgehead atoms. The maximum absolute atomic E-state index is 11.0. The minimum atomic E-state index is -1.03. The van der Waals surface area contributed by atoms with E-state index in [2.05, 4.69) is 31.9 Å². The van der Waals surface area contributed by atoms with Gasteiger partial charge in [-0.25, -0.2) is 0 Å². The van der Waals surface area contributed by atoms with Crippen molar-refractivity contribution in [2.75, 3.05) is 0 Å². The van der Waals surface area contributed by atoms with Gasteiger partial charge in [0.25, 0.3) is 0 Å². The molecular formula is C9H12Br2O4. The third-order valence-electron chi connectivity index (χ3n) is 2.93. The van der Waals surface area contributed by atoms with E-state index in [1.807, 2.05) is 0 Å². The van der Waals surface area contributed by atoms with E-state index in [9.17, 15) is 9.59 Å². The van der Waals surface area contributed by atoms with Gasteiger partial charge in [0, 0.05) is 9.65 Å². The number of rotatable bonds is 2. The maximum Gasteiger partial charge on any atom is 0.307 e. The molecule has 1 aliphatic rings. The predicted molar refractivity (Wildman–Crippen MR) is 61.5 cm³/mol. The van der Waals surface area contributed by atoms with Crippen molar-refractivity contribution >= 4 is 43.8 Å². The summed E-state index contributed by atoms with van der Waals surface area (Å²) in [7, 11) is 0. The van der Waals surface area contributed by atoms with Crippen LogP contribution in [-0.2, 0) is 9.59 Å². The number of alkyl halides is 2. The van der Waals surface area contributed by atoms with Crippen molar-refractivity contribution in [1.29, 1.82) is 0 Å². The maximum atomic E-state index is 11.0. The van der Waals surface area contributed by atoms with Crippen molar-refractivity contribution in [2.45, 2.75) is 23.0 Å². The lowest BCUT2D eigenvalue weighted by Gasteiger charge is -2.38. The molecule has 0 aromatic rings. The van der Waals surface area contributed by atoms with Crippen molar-refractivity contribution in [2.24, 2.45) is 17.8 Å². The van der Waals surface area contributed by atoms with E-state index >= 15 is 0 Å². The van der Waals surface area contributed by atoms with Crippen molar-refractivity contribution in [3.05, 3.63) is 0 Å². The van der Waals surface area contributed by atoms with Gasteiger partial charge in [-0.05, 0) is 12.3 Å². The highest BCUT2D eigenvalue weighted by Crippen LogP contribution is 2.42. The van der Waals surface area contributed by atoms with E-state index in [-0.39, 0.29) is 15.6 Å². The minimum Gasteiger partial charge on any atom is -0.481 e. The molecule has 15 heavy (non-hydrogen) atoms. The summed E-state index contributed by atoms with van der Waals surface area (Å²) in [5.74, 6) is -3.89. The molecule has 1 fully saturated rings. The van der Waals surface area contributed by atoms with Crippen LogP contribution in [0.3, 0.4) is 0 Å². The van der Waals surface area contributed by atoms with E-state index in [1.54, 1.807) is 6.92 Å². The summed E-state index contributed by atoms with van der Waals surface area (Å²) in [6.07, 6.45) is 0.340. The Morgan fingerprint density at radius 2 is 1.73 bits per heavy atom. The van der Waals surface area contributed by atoms with Crippen molar-refractivity contribution in [1.82, 2.24) is 0 Å². The summed E-state index contributed by atoms with van der Waals surface area (Å²) in [6.45, 7) is 1.77. The van der Waals surface area contributed by atoms with E-state index in [1.165, 1.54) is 0 Å². The number of halogens is 2. The van der Waals surface area contributed by atoms with E-state index in [4.69, 9.17) is 10.2 Å². The average molecular weight is 344 g/mol. The number of carboxylic acids is 2. The Hall–Kier alpha value is -0.100. The monoisotopic (exact) mass is 342 g/mol. The Kier molecular flexibility index (Phi) is 4.17. The third-order valence-corrected chi connectivity index (χ3v) is 6.05. The molecule has 1 saturated carbocycles. The van der Waals surface area contributed by atoms with Gasteiger partial charge in [-0.2, -0.15) is 0 Å². The SMILES string of the molecule is C[C@@H]1[C@H](Br)[C@H](Br)C[C@H](C(=O)O)[C@@H]1C(=O)O. The molecular weight excluding hydrogens is 332 g/mol. The van der Waals surface area contributed by atoms with Gasteiger partial charge in [-0.1, -0.05) is 38.8 Å². The first kappa shape index (κ1) is 13.0. The second-order valence-electron chi connectivity index (χ2n) is 3.86. The smallest absolute Gasteiger partial charge is 0.307 e. The van der Waals surface area contributed by atoms with Gasteiger partial charge in [0.15, 0.2) is 0 Å². The number of carboxylic acid groups (broad SMARTS) is 2. The van der Waals surface area contributed by atoms with Gasteiger partial charge in [0.1, 0.15) is 0 Å². The molecule has 1 rings (SSSR count). The van der Waals surface area contributed by atoms with Gasteiger partial charge in [-0.15, -0.1) is 0 Å². The summed E-state index contributed by atoms with van der Waals surface area (Å²) in [4.78, 5) is 22.0. The van der Waals surface area contributed by atoms with Gasteiger partial charge in [-0.3, -0.25) is 9.59 Å². The Bertz CT molecular complexity index is 281. The summed E-state index contributed by atoms with van der Waals surface area (Å²) >= 11 is 6.78. The fourth-order valence-electron chi connectivity index (χ4n) is 2.06. The zero-order chi connectivity index (χ0) is 11.7. The molecule has 86 valence electrons. The van der Waals surface area contributed by atoms with Crippen LogP contribution in [0.15, 0.2) is 0 Å². The van der Waals surface area contributed by atoms with Crippen LogP contribution in [0, 0.1) is 17.8 Å². The van der Waals surface area contributed by atoms with Crippen molar-refractivity contribution < 1.29 is 19.8 Å². The summed E-state index contributed by atoms with van der Waals surface area (Å²) in [5, 5.41) is 18.0. The van der Waals surface area contributed by atoms with Crippen LogP contribution in [0.25, 0.3) is 0 Å². The standard InChI is InChI=1S/C9H12Br2O4/c1-3-6(9(14)15)4(8(12)13)2-5(10)7(3)11/h3-7H,2H2,1H3,(H,12,13)(H,14,15)/t3-,4-,5+,6+,7-/m0/s1. The molecule has 0 aliphatic heterocycles. The van der Waals surface area contributed by atoms with Gasteiger partial charge < -0.3 is 10.2 Å². The lowest BCUT2D eigenvalue weighted by Crippen LogP contribution is -2.46.